The van der Waals surface area contributed by atoms with Crippen molar-refractivity contribution in [3.05, 3.63) is 59.2 Å². The predicted molar refractivity (Wildman–Crippen MR) is 89.5 cm³/mol. The SMILES string of the molecule is COC(=O)c1cc(CNS(=O)(=O)c2ccccc2C#N)ccc1OC. The van der Waals surface area contributed by atoms with Gasteiger partial charge in [-0.3, -0.25) is 0 Å². The standard InChI is InChI=1S/C17H16N2O5S/c1-23-15-8-7-12(9-14(15)17(20)24-2)11-19-25(21,22)16-6-4-3-5-13(16)10-18/h3-9,19H,11H2,1-2H3. The van der Waals surface area contributed by atoms with Crippen molar-refractivity contribution in [2.45, 2.75) is 11.4 Å². The fourth-order valence-corrected chi connectivity index (χ4v) is 3.36. The second kappa shape index (κ2) is 7.79. The second-order valence-corrected chi connectivity index (χ2v) is 6.69. The van der Waals surface area contributed by atoms with Gasteiger partial charge < -0.3 is 9.47 Å². The Morgan fingerprint density at radius 1 is 1.20 bits per heavy atom. The van der Waals surface area contributed by atoms with E-state index in [1.54, 1.807) is 18.2 Å². The molecule has 25 heavy (non-hydrogen) atoms. The molecule has 0 fully saturated rings. The van der Waals surface area contributed by atoms with E-state index in [-0.39, 0.29) is 22.6 Å². The van der Waals surface area contributed by atoms with Gasteiger partial charge in [-0.1, -0.05) is 18.2 Å². The normalized spacial score (nSPS) is 10.8. The summed E-state index contributed by atoms with van der Waals surface area (Å²) in [6.45, 7) is -0.0594. The first-order chi connectivity index (χ1) is 11.9. The first kappa shape index (κ1) is 18.4. The van der Waals surface area contributed by atoms with Gasteiger partial charge in [0, 0.05) is 6.54 Å². The highest BCUT2D eigenvalue weighted by atomic mass is 32.2. The molecule has 0 aliphatic heterocycles. The molecule has 0 saturated carbocycles. The van der Waals surface area contributed by atoms with Crippen LogP contribution >= 0.6 is 0 Å². The number of methoxy groups -OCH3 is 2. The smallest absolute Gasteiger partial charge is 0.341 e. The molecule has 0 aliphatic carbocycles. The molecule has 130 valence electrons. The van der Waals surface area contributed by atoms with Gasteiger partial charge in [0.05, 0.1) is 24.7 Å². The first-order valence-electron chi connectivity index (χ1n) is 7.17. The molecule has 0 bridgehead atoms. The molecule has 0 heterocycles. The van der Waals surface area contributed by atoms with Crippen LogP contribution in [-0.2, 0) is 21.3 Å². The molecule has 0 amide bonds. The highest BCUT2D eigenvalue weighted by Gasteiger charge is 2.19. The summed E-state index contributed by atoms with van der Waals surface area (Å²) >= 11 is 0. The number of nitrogens with one attached hydrogen (secondary N) is 1. The van der Waals surface area contributed by atoms with Gasteiger partial charge in [0.1, 0.15) is 17.4 Å². The molecule has 0 spiro atoms. The monoisotopic (exact) mass is 360 g/mol. The lowest BCUT2D eigenvalue weighted by molar-refractivity contribution is 0.0597. The zero-order valence-corrected chi connectivity index (χ0v) is 14.5. The van der Waals surface area contributed by atoms with Gasteiger partial charge in [0.25, 0.3) is 0 Å². The topological polar surface area (TPSA) is 105 Å². The Labute approximate surface area is 145 Å². The molecule has 2 rings (SSSR count). The Kier molecular flexibility index (Phi) is 5.75. The summed E-state index contributed by atoms with van der Waals surface area (Å²) in [5, 5.41) is 9.04. The Morgan fingerprint density at radius 2 is 1.92 bits per heavy atom. The van der Waals surface area contributed by atoms with Crippen LogP contribution in [0.4, 0.5) is 0 Å². The molecule has 8 heteroatoms. The Hall–Kier alpha value is -2.89. The van der Waals surface area contributed by atoms with E-state index in [0.29, 0.717) is 11.3 Å². The number of esters is 1. The number of benzene rings is 2. The summed E-state index contributed by atoms with van der Waals surface area (Å²) in [6.07, 6.45) is 0. The fraction of sp³-hybridized carbons (Fsp3) is 0.176. The number of carbonyl (C=O) groups excluding carboxylic acids is 1. The van der Waals surface area contributed by atoms with E-state index >= 15 is 0 Å². The molecule has 0 aromatic heterocycles. The lowest BCUT2D eigenvalue weighted by Crippen LogP contribution is -2.24. The van der Waals surface area contributed by atoms with Crippen LogP contribution in [0.1, 0.15) is 21.5 Å². The summed E-state index contributed by atoms with van der Waals surface area (Å²) in [6, 6.07) is 12.4. The van der Waals surface area contributed by atoms with Crippen LogP contribution in [-0.4, -0.2) is 28.6 Å². The van der Waals surface area contributed by atoms with Crippen LogP contribution in [0.15, 0.2) is 47.4 Å². The number of hydrogen-bond donors (Lipinski definition) is 1. The Bertz CT molecular complexity index is 932. The third kappa shape index (κ3) is 4.15. The van der Waals surface area contributed by atoms with E-state index in [4.69, 9.17) is 10.00 Å². The summed E-state index contributed by atoms with van der Waals surface area (Å²) in [4.78, 5) is 11.7. The summed E-state index contributed by atoms with van der Waals surface area (Å²) < 4.78 is 37.0. The molecule has 0 atom stereocenters. The van der Waals surface area contributed by atoms with Crippen LogP contribution in [0, 0.1) is 11.3 Å². The maximum absolute atomic E-state index is 12.4. The number of nitriles is 1. The third-order valence-electron chi connectivity index (χ3n) is 3.43. The number of carbonyl (C=O) groups is 1. The molecule has 0 aliphatic rings. The van der Waals surface area contributed by atoms with Gasteiger partial charge in [0.2, 0.25) is 10.0 Å². The van der Waals surface area contributed by atoms with Crippen LogP contribution in [0.2, 0.25) is 0 Å². The van der Waals surface area contributed by atoms with Crippen molar-refractivity contribution in [3.63, 3.8) is 0 Å². The third-order valence-corrected chi connectivity index (χ3v) is 4.89. The number of nitrogens with zero attached hydrogens (tertiary/aromatic N) is 1. The predicted octanol–water partition coefficient (Wildman–Crippen LogP) is 1.83. The molecular weight excluding hydrogens is 344 g/mol. The van der Waals surface area contributed by atoms with E-state index in [0.717, 1.165) is 0 Å². The van der Waals surface area contributed by atoms with E-state index in [1.165, 1.54) is 38.5 Å². The maximum atomic E-state index is 12.4. The fourth-order valence-electron chi connectivity index (χ4n) is 2.18. The summed E-state index contributed by atoms with van der Waals surface area (Å²) in [7, 11) is -1.21. The highest BCUT2D eigenvalue weighted by molar-refractivity contribution is 7.89. The van der Waals surface area contributed by atoms with Gasteiger partial charge in [-0.25, -0.2) is 17.9 Å². The van der Waals surface area contributed by atoms with E-state index < -0.39 is 16.0 Å². The minimum Gasteiger partial charge on any atom is -0.496 e. The Balaban J connectivity index is 2.26. The first-order valence-corrected chi connectivity index (χ1v) is 8.65. The molecule has 0 saturated heterocycles. The van der Waals surface area contributed by atoms with Crippen LogP contribution < -0.4 is 9.46 Å². The van der Waals surface area contributed by atoms with Gasteiger partial charge in [0.15, 0.2) is 0 Å². The van der Waals surface area contributed by atoms with Crippen LogP contribution in [0.3, 0.4) is 0 Å². The van der Waals surface area contributed by atoms with Crippen molar-refractivity contribution in [2.75, 3.05) is 14.2 Å². The van der Waals surface area contributed by atoms with Crippen molar-refractivity contribution in [2.24, 2.45) is 0 Å². The molecule has 0 unspecified atom stereocenters. The van der Waals surface area contributed by atoms with E-state index in [1.807, 2.05) is 6.07 Å². The van der Waals surface area contributed by atoms with Crippen molar-refractivity contribution >= 4 is 16.0 Å². The van der Waals surface area contributed by atoms with Crippen molar-refractivity contribution in [1.82, 2.24) is 4.72 Å². The number of ether oxygens (including phenoxy) is 2. The number of rotatable bonds is 6. The summed E-state index contributed by atoms with van der Waals surface area (Å²) in [5.41, 5.74) is 0.790. The average Bonchev–Trinajstić information content (AvgIpc) is 2.65. The molecule has 7 nitrogen and oxygen atoms in total. The van der Waals surface area contributed by atoms with Crippen molar-refractivity contribution in [3.8, 4) is 11.8 Å². The Morgan fingerprint density at radius 3 is 2.56 bits per heavy atom. The second-order valence-electron chi connectivity index (χ2n) is 4.96. The minimum atomic E-state index is -3.88. The number of sulfonamides is 1. The molecule has 2 aromatic rings. The zero-order chi connectivity index (χ0) is 18.4. The zero-order valence-electron chi connectivity index (χ0n) is 13.6. The van der Waals surface area contributed by atoms with Gasteiger partial charge >= 0.3 is 5.97 Å². The van der Waals surface area contributed by atoms with Crippen LogP contribution in [0.5, 0.6) is 5.75 Å². The maximum Gasteiger partial charge on any atom is 0.341 e. The lowest BCUT2D eigenvalue weighted by Gasteiger charge is -2.11. The van der Waals surface area contributed by atoms with Crippen LogP contribution in [0.25, 0.3) is 0 Å². The van der Waals surface area contributed by atoms with Gasteiger partial charge in [-0.05, 0) is 29.8 Å². The largest absolute Gasteiger partial charge is 0.496 e. The van der Waals surface area contributed by atoms with Crippen molar-refractivity contribution in [1.29, 1.82) is 5.26 Å². The van der Waals surface area contributed by atoms with Gasteiger partial charge in [-0.2, -0.15) is 5.26 Å². The van der Waals surface area contributed by atoms with E-state index in [2.05, 4.69) is 9.46 Å². The quantitative estimate of drug-likeness (QED) is 0.788. The summed E-state index contributed by atoms with van der Waals surface area (Å²) in [5.74, 6) is -0.260. The lowest BCUT2D eigenvalue weighted by atomic mass is 10.1. The minimum absolute atomic E-state index is 0.0555. The molecule has 2 aromatic carbocycles. The van der Waals surface area contributed by atoms with Crippen molar-refractivity contribution < 1.29 is 22.7 Å². The molecule has 0 radical (unpaired) electrons. The molecular formula is C17H16N2O5S. The number of hydrogen-bond acceptors (Lipinski definition) is 6. The average molecular weight is 360 g/mol. The highest BCUT2D eigenvalue weighted by Crippen LogP contribution is 2.21. The van der Waals surface area contributed by atoms with E-state index in [9.17, 15) is 13.2 Å². The molecule has 1 N–H and O–H groups in total. The van der Waals surface area contributed by atoms with Gasteiger partial charge in [-0.15, -0.1) is 0 Å².